The Morgan fingerprint density at radius 2 is 2.06 bits per heavy atom. The fourth-order valence-electron chi connectivity index (χ4n) is 8.97. The Hall–Kier alpha value is -4.60. The van der Waals surface area contributed by atoms with E-state index in [9.17, 15) is 8.78 Å². The van der Waals surface area contributed by atoms with Crippen LogP contribution in [0.5, 0.6) is 11.9 Å². The normalized spacial score (nSPS) is 28.6. The Morgan fingerprint density at radius 1 is 1.21 bits per heavy atom. The number of anilines is 2. The molecule has 246 valence electrons. The van der Waals surface area contributed by atoms with Crippen molar-refractivity contribution in [2.24, 2.45) is 0 Å². The lowest BCUT2D eigenvalue weighted by atomic mass is 9.93. The molecule has 5 aliphatic rings. The molecule has 2 bridgehead atoms. The van der Waals surface area contributed by atoms with E-state index in [2.05, 4.69) is 27.7 Å². The number of aromatic nitrogens is 3. The Kier molecular flexibility index (Phi) is 6.28. The zero-order chi connectivity index (χ0) is 33.1. The molecule has 1 unspecified atom stereocenters. The maximum atomic E-state index is 17.2. The number of pyridine rings is 1. The summed E-state index contributed by atoms with van der Waals surface area (Å²) < 4.78 is 59.4. The van der Waals surface area contributed by atoms with Crippen LogP contribution in [-0.2, 0) is 0 Å². The molecule has 0 aliphatic carbocycles. The first kappa shape index (κ1) is 29.5. The fourth-order valence-corrected chi connectivity index (χ4v) is 8.97. The smallest absolute Gasteiger partial charge is 0.319 e. The summed E-state index contributed by atoms with van der Waals surface area (Å²) in [5, 5.41) is 5.40. The number of fused-ring (bicyclic) bond motifs is 7. The number of terminal acetylenes is 1. The van der Waals surface area contributed by atoms with Crippen molar-refractivity contribution in [1.82, 2.24) is 25.2 Å². The number of nitrogens with two attached hydrogens (primary N) is 1. The van der Waals surface area contributed by atoms with E-state index in [-0.39, 0.29) is 66.9 Å². The van der Waals surface area contributed by atoms with Gasteiger partial charge in [0.1, 0.15) is 35.1 Å². The fraction of sp³-hybridized carbons (Fsp3) is 0.417. The van der Waals surface area contributed by atoms with Gasteiger partial charge in [-0.1, -0.05) is 30.2 Å². The predicted molar refractivity (Wildman–Crippen MR) is 177 cm³/mol. The van der Waals surface area contributed by atoms with Gasteiger partial charge in [0.25, 0.3) is 5.92 Å². The molecule has 0 amide bonds. The second kappa shape index (κ2) is 10.2. The highest BCUT2D eigenvalue weighted by Crippen LogP contribution is 2.48. The number of rotatable bonds is 4. The summed E-state index contributed by atoms with van der Waals surface area (Å²) in [5.41, 5.74) is 7.57. The molecule has 4 fully saturated rings. The molecule has 2 aromatic carbocycles. The molecule has 5 atom stereocenters. The number of ether oxygens (including phenoxy) is 2. The number of piperazine rings is 1. The summed E-state index contributed by atoms with van der Waals surface area (Å²) >= 11 is 0. The van der Waals surface area contributed by atoms with Crippen molar-refractivity contribution >= 4 is 33.2 Å². The number of benzene rings is 2. The highest BCUT2D eigenvalue weighted by atomic mass is 19.3. The van der Waals surface area contributed by atoms with Gasteiger partial charge in [0, 0.05) is 53.8 Å². The first-order valence-electron chi connectivity index (χ1n) is 16.3. The monoisotopic (exact) mass is 653 g/mol. The van der Waals surface area contributed by atoms with Crippen LogP contribution in [0.4, 0.5) is 24.7 Å². The number of nitrogens with zero attached hydrogens (tertiary/aromatic N) is 5. The Labute approximate surface area is 275 Å². The van der Waals surface area contributed by atoms with E-state index < -0.39 is 17.3 Å². The molecule has 3 N–H and O–H groups in total. The lowest BCUT2D eigenvalue weighted by molar-refractivity contribution is 0.00928. The number of alkyl halides is 2. The topological polar surface area (TPSA) is 102 Å². The summed E-state index contributed by atoms with van der Waals surface area (Å²) in [6, 6.07) is 9.04. The molecule has 4 aromatic rings. The van der Waals surface area contributed by atoms with Crippen LogP contribution in [0.15, 0.2) is 42.5 Å². The van der Waals surface area contributed by atoms with Gasteiger partial charge in [-0.15, -0.1) is 6.42 Å². The number of nitrogen functional groups attached to an aromatic ring is 1. The van der Waals surface area contributed by atoms with Crippen molar-refractivity contribution in [2.45, 2.75) is 68.3 Å². The Balaban J connectivity index is 1.25. The van der Waals surface area contributed by atoms with Crippen molar-refractivity contribution in [2.75, 3.05) is 36.9 Å². The average molecular weight is 654 g/mol. The summed E-state index contributed by atoms with van der Waals surface area (Å²) in [6.45, 7) is 6.60. The highest BCUT2D eigenvalue weighted by Gasteiger charge is 2.58. The molecule has 0 radical (unpaired) electrons. The highest BCUT2D eigenvalue weighted by molar-refractivity contribution is 6.04. The van der Waals surface area contributed by atoms with Gasteiger partial charge in [-0.25, -0.2) is 18.2 Å². The third-order valence-corrected chi connectivity index (χ3v) is 10.8. The quantitative estimate of drug-likeness (QED) is 0.178. The van der Waals surface area contributed by atoms with Crippen LogP contribution in [-0.4, -0.2) is 81.8 Å². The molecular formula is C36H34F3N7O2. The van der Waals surface area contributed by atoms with E-state index in [0.717, 1.165) is 23.8 Å². The van der Waals surface area contributed by atoms with Crippen molar-refractivity contribution < 1.29 is 22.6 Å². The van der Waals surface area contributed by atoms with Gasteiger partial charge in [-0.2, -0.15) is 9.97 Å². The number of halogens is 3. The second-order valence-corrected chi connectivity index (χ2v) is 14.1. The van der Waals surface area contributed by atoms with E-state index >= 15 is 4.39 Å². The molecular weight excluding hydrogens is 619 g/mol. The van der Waals surface area contributed by atoms with Crippen molar-refractivity contribution in [1.29, 1.82) is 0 Å². The molecule has 12 heteroatoms. The molecule has 9 nitrogen and oxygen atoms in total. The molecule has 2 aromatic heterocycles. The Bertz CT molecular complexity index is 2100. The summed E-state index contributed by atoms with van der Waals surface area (Å²) in [6.07, 6.45) is 7.53. The van der Waals surface area contributed by atoms with Gasteiger partial charge in [0.15, 0.2) is 5.82 Å². The van der Waals surface area contributed by atoms with Gasteiger partial charge in [-0.05, 0) is 49.8 Å². The van der Waals surface area contributed by atoms with E-state index in [1.54, 1.807) is 23.1 Å². The first-order chi connectivity index (χ1) is 23.0. The number of hydrogen-bond donors (Lipinski definition) is 2. The van der Waals surface area contributed by atoms with Crippen LogP contribution >= 0.6 is 0 Å². The van der Waals surface area contributed by atoms with Crippen LogP contribution in [0.25, 0.3) is 32.9 Å². The summed E-state index contributed by atoms with van der Waals surface area (Å²) in [5.74, 6) is -0.203. The maximum absolute atomic E-state index is 17.2. The molecule has 4 saturated heterocycles. The second-order valence-electron chi connectivity index (χ2n) is 14.1. The van der Waals surface area contributed by atoms with Gasteiger partial charge in [0.05, 0.1) is 18.1 Å². The van der Waals surface area contributed by atoms with E-state index in [1.807, 2.05) is 19.1 Å². The minimum Gasteiger partial charge on any atom is -0.472 e. The van der Waals surface area contributed by atoms with E-state index in [1.165, 1.54) is 0 Å². The lowest BCUT2D eigenvalue weighted by Crippen LogP contribution is -2.62. The maximum Gasteiger partial charge on any atom is 0.319 e. The van der Waals surface area contributed by atoms with E-state index in [4.69, 9.17) is 31.6 Å². The standard InChI is InChI=1S/C36H34F3N7O2/c1-4-20-6-5-7-21-10-22(40)11-24(26(20)21)29-28(37)30-27-32(46-14-23-8-9-25(41-23)31(46)19(3)48-33(27)42-29)44-34(43-30)47-17-35-12-18(2)13-45(35)16-36(38,39)15-35/h1,5-7,10-11,19,23,25,31,41H,2,8-9,12-17,40H2,3H3/t19-,23+,25-,31+,35?/m0/s1. The van der Waals surface area contributed by atoms with Gasteiger partial charge in [-0.3, -0.25) is 4.90 Å². The first-order valence-corrected chi connectivity index (χ1v) is 16.3. The predicted octanol–water partition coefficient (Wildman–Crippen LogP) is 5.06. The van der Waals surface area contributed by atoms with Crippen LogP contribution < -0.4 is 25.4 Å². The average Bonchev–Trinajstić information content (AvgIpc) is 3.61. The molecule has 0 saturated carbocycles. The molecule has 0 spiro atoms. The lowest BCUT2D eigenvalue weighted by Gasteiger charge is -2.42. The van der Waals surface area contributed by atoms with Crippen molar-refractivity contribution in [3.05, 3.63) is 53.9 Å². The summed E-state index contributed by atoms with van der Waals surface area (Å²) in [7, 11) is 0. The zero-order valence-corrected chi connectivity index (χ0v) is 26.4. The summed E-state index contributed by atoms with van der Waals surface area (Å²) in [4.78, 5) is 18.2. The molecule has 48 heavy (non-hydrogen) atoms. The molecule has 7 heterocycles. The van der Waals surface area contributed by atoms with Crippen LogP contribution in [0.1, 0.15) is 38.2 Å². The minimum atomic E-state index is -2.85. The SMILES string of the molecule is C#Cc1cccc2cc(N)cc(-c3nc4c5c(nc(OCC67CC(=C)CN6CC(F)(F)C7)nc5c3F)N3C[C@H]5CC[C@H](N5)[C@H]3[C@H](C)O4)c12. The molecule has 5 aliphatic heterocycles. The van der Waals surface area contributed by atoms with Crippen LogP contribution in [0.3, 0.4) is 0 Å². The third kappa shape index (κ3) is 4.37. The van der Waals surface area contributed by atoms with Crippen molar-refractivity contribution in [3.63, 3.8) is 0 Å². The number of hydrogen-bond acceptors (Lipinski definition) is 9. The molecule has 9 rings (SSSR count). The number of nitrogens with one attached hydrogen (secondary N) is 1. The third-order valence-electron chi connectivity index (χ3n) is 10.8. The minimum absolute atomic E-state index is 0.0212. The zero-order valence-electron chi connectivity index (χ0n) is 26.4. The van der Waals surface area contributed by atoms with Gasteiger partial charge >= 0.3 is 6.01 Å². The van der Waals surface area contributed by atoms with Crippen LogP contribution in [0.2, 0.25) is 0 Å². The van der Waals surface area contributed by atoms with Crippen molar-refractivity contribution in [3.8, 4) is 35.5 Å². The van der Waals surface area contributed by atoms with Gasteiger partial charge in [0.2, 0.25) is 5.88 Å². The van der Waals surface area contributed by atoms with Crippen LogP contribution in [0, 0.1) is 18.2 Å². The van der Waals surface area contributed by atoms with E-state index in [0.29, 0.717) is 52.9 Å². The van der Waals surface area contributed by atoms with Gasteiger partial charge < -0.3 is 25.4 Å². The Morgan fingerprint density at radius 3 is 2.90 bits per heavy atom. The largest absolute Gasteiger partial charge is 0.472 e.